The zero-order valence-electron chi connectivity index (χ0n) is 13.3. The van der Waals surface area contributed by atoms with Crippen molar-refractivity contribution in [3.05, 3.63) is 34.9 Å². The highest BCUT2D eigenvalue weighted by atomic mass is 35.5. The molecule has 1 unspecified atom stereocenters. The maximum Gasteiger partial charge on any atom is 0.0409 e. The molecule has 1 aromatic carbocycles. The summed E-state index contributed by atoms with van der Waals surface area (Å²) >= 11 is 6.06. The standard InChI is InChI=1S/C17H29ClN2/c1-14(15-7-5-8-16(18)13-15)20(4)12-6-9-17(2,3)10-11-19/h5,7-8,13-14H,6,9-12,19H2,1-4H3. The molecule has 0 radical (unpaired) electrons. The third-order valence-electron chi connectivity index (χ3n) is 4.18. The van der Waals surface area contributed by atoms with E-state index in [0.29, 0.717) is 11.5 Å². The molecule has 0 aliphatic rings. The predicted molar refractivity (Wildman–Crippen MR) is 89.2 cm³/mol. The van der Waals surface area contributed by atoms with Gasteiger partial charge in [-0.1, -0.05) is 37.6 Å². The van der Waals surface area contributed by atoms with Crippen molar-refractivity contribution in [3.8, 4) is 0 Å². The summed E-state index contributed by atoms with van der Waals surface area (Å²) in [7, 11) is 2.18. The first-order valence-electron chi connectivity index (χ1n) is 7.51. The first-order valence-corrected chi connectivity index (χ1v) is 7.89. The SMILES string of the molecule is CC(c1cccc(Cl)c1)N(C)CCCC(C)(C)CCN. The molecule has 0 fully saturated rings. The van der Waals surface area contributed by atoms with E-state index in [-0.39, 0.29) is 0 Å². The van der Waals surface area contributed by atoms with Crippen LogP contribution in [-0.2, 0) is 0 Å². The summed E-state index contributed by atoms with van der Waals surface area (Å²) < 4.78 is 0. The molecule has 20 heavy (non-hydrogen) atoms. The fourth-order valence-corrected chi connectivity index (χ4v) is 2.74. The number of halogens is 1. The third kappa shape index (κ3) is 5.82. The molecule has 0 amide bonds. The van der Waals surface area contributed by atoms with E-state index < -0.39 is 0 Å². The molecular weight excluding hydrogens is 268 g/mol. The molecule has 114 valence electrons. The second kappa shape index (κ2) is 8.02. The average Bonchev–Trinajstić information content (AvgIpc) is 2.37. The van der Waals surface area contributed by atoms with E-state index in [1.165, 1.54) is 18.4 Å². The minimum atomic E-state index is 0.356. The zero-order chi connectivity index (χ0) is 15.2. The van der Waals surface area contributed by atoms with Crippen LogP contribution in [0.15, 0.2) is 24.3 Å². The summed E-state index contributed by atoms with van der Waals surface area (Å²) in [6, 6.07) is 8.54. The number of benzene rings is 1. The van der Waals surface area contributed by atoms with E-state index in [4.69, 9.17) is 17.3 Å². The van der Waals surface area contributed by atoms with E-state index in [0.717, 1.165) is 24.5 Å². The van der Waals surface area contributed by atoms with Crippen molar-refractivity contribution < 1.29 is 0 Å². The summed E-state index contributed by atoms with van der Waals surface area (Å²) in [6.45, 7) is 8.72. The van der Waals surface area contributed by atoms with Crippen molar-refractivity contribution in [2.45, 2.75) is 46.1 Å². The summed E-state index contributed by atoms with van der Waals surface area (Å²) in [6.07, 6.45) is 3.52. The smallest absolute Gasteiger partial charge is 0.0409 e. The molecule has 2 N–H and O–H groups in total. The van der Waals surface area contributed by atoms with Crippen molar-refractivity contribution in [2.24, 2.45) is 11.1 Å². The van der Waals surface area contributed by atoms with Crippen LogP contribution >= 0.6 is 11.6 Å². The average molecular weight is 297 g/mol. The molecule has 0 saturated heterocycles. The van der Waals surface area contributed by atoms with Gasteiger partial charge in [-0.05, 0) is 69.4 Å². The summed E-state index contributed by atoms with van der Waals surface area (Å²) in [4.78, 5) is 2.39. The fourth-order valence-electron chi connectivity index (χ4n) is 2.54. The van der Waals surface area contributed by atoms with Crippen molar-refractivity contribution in [1.29, 1.82) is 0 Å². The minimum absolute atomic E-state index is 0.356. The maximum absolute atomic E-state index is 6.06. The fraction of sp³-hybridized carbons (Fsp3) is 0.647. The zero-order valence-corrected chi connectivity index (χ0v) is 14.1. The van der Waals surface area contributed by atoms with Crippen LogP contribution < -0.4 is 5.73 Å². The van der Waals surface area contributed by atoms with Crippen LogP contribution in [0.25, 0.3) is 0 Å². The van der Waals surface area contributed by atoms with Crippen LogP contribution in [0.3, 0.4) is 0 Å². The second-order valence-corrected chi connectivity index (χ2v) is 6.95. The van der Waals surface area contributed by atoms with Crippen LogP contribution in [0.2, 0.25) is 5.02 Å². The van der Waals surface area contributed by atoms with Gasteiger partial charge < -0.3 is 5.73 Å². The summed E-state index contributed by atoms with van der Waals surface area (Å²) in [5.41, 5.74) is 7.30. The molecule has 0 spiro atoms. The molecule has 3 heteroatoms. The Balaban J connectivity index is 2.44. The Morgan fingerprint density at radius 2 is 2.00 bits per heavy atom. The van der Waals surface area contributed by atoms with Gasteiger partial charge in [-0.3, -0.25) is 4.90 Å². The van der Waals surface area contributed by atoms with Crippen LogP contribution in [0.5, 0.6) is 0 Å². The predicted octanol–water partition coefficient (Wildman–Crippen LogP) is 4.49. The Morgan fingerprint density at radius 3 is 2.60 bits per heavy atom. The van der Waals surface area contributed by atoms with Gasteiger partial charge in [-0.2, -0.15) is 0 Å². The second-order valence-electron chi connectivity index (χ2n) is 6.52. The van der Waals surface area contributed by atoms with E-state index in [9.17, 15) is 0 Å². The Labute approximate surface area is 129 Å². The van der Waals surface area contributed by atoms with Gasteiger partial charge in [0.1, 0.15) is 0 Å². The van der Waals surface area contributed by atoms with Gasteiger partial charge in [0.15, 0.2) is 0 Å². The molecule has 0 aromatic heterocycles. The number of nitrogens with two attached hydrogens (primary N) is 1. The monoisotopic (exact) mass is 296 g/mol. The lowest BCUT2D eigenvalue weighted by Crippen LogP contribution is -2.25. The van der Waals surface area contributed by atoms with E-state index in [1.807, 2.05) is 12.1 Å². The molecule has 1 rings (SSSR count). The van der Waals surface area contributed by atoms with Gasteiger partial charge >= 0.3 is 0 Å². The normalized spacial score (nSPS) is 13.8. The molecular formula is C17H29ClN2. The van der Waals surface area contributed by atoms with Gasteiger partial charge in [0, 0.05) is 11.1 Å². The molecule has 1 aromatic rings. The highest BCUT2D eigenvalue weighted by Crippen LogP contribution is 2.27. The van der Waals surface area contributed by atoms with Crippen LogP contribution in [-0.4, -0.2) is 25.0 Å². The summed E-state index contributed by atoms with van der Waals surface area (Å²) in [5.74, 6) is 0. The lowest BCUT2D eigenvalue weighted by molar-refractivity contribution is 0.227. The van der Waals surface area contributed by atoms with Gasteiger partial charge in [0.2, 0.25) is 0 Å². The van der Waals surface area contributed by atoms with Gasteiger partial charge in [-0.25, -0.2) is 0 Å². The van der Waals surface area contributed by atoms with Gasteiger partial charge in [-0.15, -0.1) is 0 Å². The minimum Gasteiger partial charge on any atom is -0.330 e. The molecule has 0 bridgehead atoms. The van der Waals surface area contributed by atoms with Crippen molar-refractivity contribution >= 4 is 11.6 Å². The highest BCUT2D eigenvalue weighted by Gasteiger charge is 2.17. The van der Waals surface area contributed by atoms with Crippen LogP contribution in [0, 0.1) is 5.41 Å². The number of rotatable bonds is 8. The third-order valence-corrected chi connectivity index (χ3v) is 4.41. The van der Waals surface area contributed by atoms with E-state index in [1.54, 1.807) is 0 Å². The van der Waals surface area contributed by atoms with Gasteiger partial charge in [0.25, 0.3) is 0 Å². The van der Waals surface area contributed by atoms with Crippen molar-refractivity contribution in [1.82, 2.24) is 4.90 Å². The summed E-state index contributed by atoms with van der Waals surface area (Å²) in [5, 5.41) is 0.812. The Kier molecular flexibility index (Phi) is 7.01. The van der Waals surface area contributed by atoms with Crippen LogP contribution in [0.4, 0.5) is 0 Å². The number of hydrogen-bond donors (Lipinski definition) is 1. The Bertz CT molecular complexity index is 404. The number of nitrogens with zero attached hydrogens (tertiary/aromatic N) is 1. The molecule has 0 aliphatic heterocycles. The van der Waals surface area contributed by atoms with E-state index in [2.05, 4.69) is 44.9 Å². The Hall–Kier alpha value is -0.570. The lowest BCUT2D eigenvalue weighted by Gasteiger charge is -2.28. The molecule has 0 aliphatic carbocycles. The maximum atomic E-state index is 6.06. The molecule has 2 nitrogen and oxygen atoms in total. The largest absolute Gasteiger partial charge is 0.330 e. The molecule has 0 saturated carbocycles. The first-order chi connectivity index (χ1) is 9.35. The Morgan fingerprint density at radius 1 is 1.30 bits per heavy atom. The number of hydrogen-bond acceptors (Lipinski definition) is 2. The van der Waals surface area contributed by atoms with Crippen molar-refractivity contribution in [2.75, 3.05) is 20.1 Å². The highest BCUT2D eigenvalue weighted by molar-refractivity contribution is 6.30. The van der Waals surface area contributed by atoms with Gasteiger partial charge in [0.05, 0.1) is 0 Å². The lowest BCUT2D eigenvalue weighted by atomic mass is 9.84. The van der Waals surface area contributed by atoms with E-state index >= 15 is 0 Å². The molecule has 1 atom stereocenters. The quantitative estimate of drug-likeness (QED) is 0.766. The van der Waals surface area contributed by atoms with Crippen molar-refractivity contribution in [3.63, 3.8) is 0 Å². The first kappa shape index (κ1) is 17.5. The topological polar surface area (TPSA) is 29.3 Å². The van der Waals surface area contributed by atoms with Crippen LogP contribution in [0.1, 0.15) is 51.6 Å². The molecule has 0 heterocycles.